The number of para-hydroxylation sites is 1. The van der Waals surface area contributed by atoms with Crippen molar-refractivity contribution >= 4 is 23.8 Å². The Morgan fingerprint density at radius 2 is 1.92 bits per heavy atom. The van der Waals surface area contributed by atoms with E-state index in [0.29, 0.717) is 12.3 Å². The fraction of sp³-hybridized carbons (Fsp3) is 0.200. The Morgan fingerprint density at radius 3 is 2.62 bits per heavy atom. The summed E-state index contributed by atoms with van der Waals surface area (Å²) in [4.78, 5) is 24.7. The molecule has 1 heterocycles. The third-order valence-corrected chi connectivity index (χ3v) is 3.87. The number of methoxy groups -OCH3 is 1. The van der Waals surface area contributed by atoms with E-state index < -0.39 is 5.97 Å². The van der Waals surface area contributed by atoms with Crippen molar-refractivity contribution in [1.82, 2.24) is 0 Å². The number of ether oxygens (including phenoxy) is 3. The molecule has 6 heteroatoms. The molecule has 1 aliphatic heterocycles. The Morgan fingerprint density at radius 1 is 1.19 bits per heavy atom. The van der Waals surface area contributed by atoms with Gasteiger partial charge < -0.3 is 14.2 Å². The highest BCUT2D eigenvalue weighted by atomic mass is 16.6. The molecule has 0 saturated carbocycles. The zero-order valence-electron chi connectivity index (χ0n) is 14.3. The third kappa shape index (κ3) is 4.42. The molecule has 26 heavy (non-hydrogen) atoms. The second kappa shape index (κ2) is 8.20. The highest BCUT2D eigenvalue weighted by molar-refractivity contribution is 5.89. The maximum absolute atomic E-state index is 12.0. The van der Waals surface area contributed by atoms with Gasteiger partial charge in [-0.2, -0.15) is 0 Å². The number of hydrogen-bond acceptors (Lipinski definition) is 5. The van der Waals surface area contributed by atoms with Gasteiger partial charge in [-0.05, 0) is 35.9 Å². The number of carbonyl (C=O) groups is 2. The van der Waals surface area contributed by atoms with Crippen LogP contribution in [0.2, 0.25) is 0 Å². The molecule has 0 aliphatic carbocycles. The van der Waals surface area contributed by atoms with Crippen molar-refractivity contribution in [3.63, 3.8) is 0 Å². The van der Waals surface area contributed by atoms with Gasteiger partial charge in [-0.3, -0.25) is 4.90 Å². The summed E-state index contributed by atoms with van der Waals surface area (Å²) in [7, 11) is 1.33. The Bertz CT molecular complexity index is 786. The summed E-state index contributed by atoms with van der Waals surface area (Å²) < 4.78 is 15.6. The van der Waals surface area contributed by atoms with E-state index in [2.05, 4.69) is 4.74 Å². The van der Waals surface area contributed by atoms with Crippen LogP contribution < -0.4 is 9.64 Å². The molecule has 6 nitrogen and oxygen atoms in total. The number of anilines is 1. The first-order valence-corrected chi connectivity index (χ1v) is 8.18. The SMILES string of the molecule is COC(=O)C=Cc1ccc(OCC2CN(c3ccccc3)C(=O)O2)cc1. The van der Waals surface area contributed by atoms with Crippen LogP contribution in [0.25, 0.3) is 6.08 Å². The lowest BCUT2D eigenvalue weighted by Gasteiger charge is -2.13. The molecule has 3 rings (SSSR count). The molecule has 0 radical (unpaired) electrons. The predicted molar refractivity (Wildman–Crippen MR) is 97.0 cm³/mol. The molecular formula is C20H19NO5. The van der Waals surface area contributed by atoms with E-state index in [9.17, 15) is 9.59 Å². The minimum Gasteiger partial charge on any atom is -0.490 e. The van der Waals surface area contributed by atoms with Crippen molar-refractivity contribution in [3.8, 4) is 5.75 Å². The minimum absolute atomic E-state index is 0.270. The summed E-state index contributed by atoms with van der Waals surface area (Å²) in [5.41, 5.74) is 1.66. The normalized spacial score (nSPS) is 16.6. The van der Waals surface area contributed by atoms with Gasteiger partial charge in [0, 0.05) is 11.8 Å². The lowest BCUT2D eigenvalue weighted by molar-refractivity contribution is -0.134. The number of cyclic esters (lactones) is 1. The molecule has 1 aliphatic rings. The van der Waals surface area contributed by atoms with Gasteiger partial charge in [0.1, 0.15) is 12.4 Å². The molecular weight excluding hydrogens is 334 g/mol. The summed E-state index contributed by atoms with van der Waals surface area (Å²) >= 11 is 0. The predicted octanol–water partition coefficient (Wildman–Crippen LogP) is 3.28. The lowest BCUT2D eigenvalue weighted by atomic mass is 10.2. The smallest absolute Gasteiger partial charge is 0.414 e. The van der Waals surface area contributed by atoms with Gasteiger partial charge in [0.25, 0.3) is 0 Å². The van der Waals surface area contributed by atoms with Crippen LogP contribution in [0.15, 0.2) is 60.7 Å². The summed E-state index contributed by atoms with van der Waals surface area (Å²) in [6, 6.07) is 16.6. The Balaban J connectivity index is 1.52. The molecule has 0 aromatic heterocycles. The summed E-state index contributed by atoms with van der Waals surface area (Å²) in [5, 5.41) is 0. The number of hydrogen-bond donors (Lipinski definition) is 0. The van der Waals surface area contributed by atoms with Crippen LogP contribution in [0.3, 0.4) is 0 Å². The molecule has 1 amide bonds. The molecule has 2 aromatic rings. The van der Waals surface area contributed by atoms with Gasteiger partial charge in [-0.15, -0.1) is 0 Å². The van der Waals surface area contributed by atoms with Gasteiger partial charge in [-0.25, -0.2) is 9.59 Å². The maximum atomic E-state index is 12.0. The third-order valence-electron chi connectivity index (χ3n) is 3.87. The number of esters is 1. The number of rotatable bonds is 6. The summed E-state index contributed by atoms with van der Waals surface area (Å²) in [6.07, 6.45) is 2.31. The van der Waals surface area contributed by atoms with Crippen LogP contribution in [0.5, 0.6) is 5.75 Å². The number of nitrogens with zero attached hydrogens (tertiary/aromatic N) is 1. The summed E-state index contributed by atoms with van der Waals surface area (Å²) in [5.74, 6) is 0.255. The average Bonchev–Trinajstić information content (AvgIpc) is 3.06. The van der Waals surface area contributed by atoms with Crippen LogP contribution in [0, 0.1) is 0 Å². The molecule has 1 atom stereocenters. The number of carbonyl (C=O) groups excluding carboxylic acids is 2. The van der Waals surface area contributed by atoms with E-state index in [1.807, 2.05) is 42.5 Å². The molecule has 0 bridgehead atoms. The van der Waals surface area contributed by atoms with Gasteiger partial charge in [0.2, 0.25) is 0 Å². The van der Waals surface area contributed by atoms with Crippen LogP contribution in [0.1, 0.15) is 5.56 Å². The first-order valence-electron chi connectivity index (χ1n) is 8.18. The fourth-order valence-electron chi connectivity index (χ4n) is 2.52. The van der Waals surface area contributed by atoms with Crippen molar-refractivity contribution in [2.75, 3.05) is 25.2 Å². The van der Waals surface area contributed by atoms with Crippen LogP contribution >= 0.6 is 0 Å². The van der Waals surface area contributed by atoms with Gasteiger partial charge in [-0.1, -0.05) is 30.3 Å². The monoisotopic (exact) mass is 353 g/mol. The van der Waals surface area contributed by atoms with E-state index >= 15 is 0 Å². The molecule has 0 spiro atoms. The Kier molecular flexibility index (Phi) is 5.53. The summed E-state index contributed by atoms with van der Waals surface area (Å²) in [6.45, 7) is 0.717. The first kappa shape index (κ1) is 17.5. The quantitative estimate of drug-likeness (QED) is 0.589. The molecule has 0 N–H and O–H groups in total. The van der Waals surface area contributed by atoms with Crippen molar-refractivity contribution in [3.05, 3.63) is 66.2 Å². The molecule has 134 valence electrons. The highest BCUT2D eigenvalue weighted by Crippen LogP contribution is 2.22. The average molecular weight is 353 g/mol. The van der Waals surface area contributed by atoms with E-state index in [4.69, 9.17) is 9.47 Å². The van der Waals surface area contributed by atoms with Crippen molar-refractivity contribution in [2.24, 2.45) is 0 Å². The maximum Gasteiger partial charge on any atom is 0.414 e. The molecule has 1 unspecified atom stereocenters. The fourth-order valence-corrected chi connectivity index (χ4v) is 2.52. The first-order chi connectivity index (χ1) is 12.7. The van der Waals surface area contributed by atoms with E-state index in [-0.39, 0.29) is 18.8 Å². The minimum atomic E-state index is -0.406. The number of benzene rings is 2. The number of amides is 1. The van der Waals surface area contributed by atoms with Crippen LogP contribution in [-0.2, 0) is 14.3 Å². The lowest BCUT2D eigenvalue weighted by Crippen LogP contribution is -2.26. The zero-order chi connectivity index (χ0) is 18.4. The van der Waals surface area contributed by atoms with Crippen molar-refractivity contribution in [1.29, 1.82) is 0 Å². The van der Waals surface area contributed by atoms with Crippen molar-refractivity contribution in [2.45, 2.75) is 6.10 Å². The van der Waals surface area contributed by atoms with E-state index in [1.54, 1.807) is 23.1 Å². The van der Waals surface area contributed by atoms with Gasteiger partial charge in [0.05, 0.1) is 13.7 Å². The zero-order valence-corrected chi connectivity index (χ0v) is 14.3. The topological polar surface area (TPSA) is 65.1 Å². The van der Waals surface area contributed by atoms with Gasteiger partial charge >= 0.3 is 12.1 Å². The Labute approximate surface area is 151 Å². The van der Waals surface area contributed by atoms with Crippen LogP contribution in [-0.4, -0.2) is 38.4 Å². The second-order valence-corrected chi connectivity index (χ2v) is 5.69. The van der Waals surface area contributed by atoms with Gasteiger partial charge in [0.15, 0.2) is 6.10 Å². The van der Waals surface area contributed by atoms with Crippen molar-refractivity contribution < 1.29 is 23.8 Å². The molecule has 1 fully saturated rings. The molecule has 1 saturated heterocycles. The largest absolute Gasteiger partial charge is 0.490 e. The molecule has 2 aromatic carbocycles. The van der Waals surface area contributed by atoms with E-state index in [1.165, 1.54) is 13.2 Å². The Hall–Kier alpha value is -3.28. The standard InChI is InChI=1S/C20H19NO5/c1-24-19(22)12-9-15-7-10-17(11-8-15)25-14-18-13-21(20(23)26-18)16-5-3-2-4-6-16/h2-12,18H,13-14H2,1H3. The highest BCUT2D eigenvalue weighted by Gasteiger charge is 2.32. The second-order valence-electron chi connectivity index (χ2n) is 5.69. The van der Waals surface area contributed by atoms with E-state index in [0.717, 1.165) is 11.3 Å². The van der Waals surface area contributed by atoms with Crippen LogP contribution in [0.4, 0.5) is 10.5 Å².